The predicted octanol–water partition coefficient (Wildman–Crippen LogP) is 3.19. The molecule has 2 aromatic rings. The fourth-order valence-corrected chi connectivity index (χ4v) is 2.99. The summed E-state index contributed by atoms with van der Waals surface area (Å²) in [4.78, 5) is 0. The summed E-state index contributed by atoms with van der Waals surface area (Å²) in [5.74, 6) is 0. The molecular weight excluding hydrogens is 358 g/mol. The number of benzene rings is 2. The molecule has 1 aliphatic heterocycles. The normalized spacial score (nSPS) is 25.2. The first-order chi connectivity index (χ1) is 13.3. The molecule has 150 valence electrons. The summed E-state index contributed by atoms with van der Waals surface area (Å²) in [5, 5.41) is 41.5. The molecule has 2 aromatic carbocycles. The van der Waals surface area contributed by atoms with E-state index in [1.165, 1.54) is 5.56 Å². The predicted molar refractivity (Wildman–Crippen MR) is 107 cm³/mol. The van der Waals surface area contributed by atoms with Gasteiger partial charge >= 0.3 is 0 Å². The number of nitrogens with one attached hydrogen (secondary N) is 1. The number of anilines is 1. The van der Waals surface area contributed by atoms with Crippen molar-refractivity contribution in [1.29, 1.82) is 0 Å². The van der Waals surface area contributed by atoms with Crippen molar-refractivity contribution in [1.82, 2.24) is 0 Å². The molecular formula is C21H27N3O4. The van der Waals surface area contributed by atoms with E-state index in [1.54, 1.807) is 0 Å². The zero-order chi connectivity index (χ0) is 20.4. The maximum absolute atomic E-state index is 10.2. The average molecular weight is 385 g/mol. The zero-order valence-electron chi connectivity index (χ0n) is 16.5. The molecule has 0 unspecified atom stereocenters. The zero-order valence-corrected chi connectivity index (χ0v) is 16.5. The molecule has 7 heteroatoms. The van der Waals surface area contributed by atoms with E-state index in [-0.39, 0.29) is 6.61 Å². The summed E-state index contributed by atoms with van der Waals surface area (Å²) in [6.07, 6.45) is -4.53. The van der Waals surface area contributed by atoms with Gasteiger partial charge in [0.05, 0.1) is 18.0 Å². The van der Waals surface area contributed by atoms with Crippen molar-refractivity contribution in [2.45, 2.75) is 52.2 Å². The number of hydrogen-bond donors (Lipinski definition) is 4. The van der Waals surface area contributed by atoms with Gasteiger partial charge in [-0.15, -0.1) is 5.11 Å². The van der Waals surface area contributed by atoms with E-state index in [4.69, 9.17) is 4.74 Å². The van der Waals surface area contributed by atoms with Crippen molar-refractivity contribution >= 4 is 17.1 Å². The summed E-state index contributed by atoms with van der Waals surface area (Å²) in [6.45, 7) is 7.96. The van der Waals surface area contributed by atoms with Crippen LogP contribution in [0.1, 0.15) is 22.3 Å². The van der Waals surface area contributed by atoms with Gasteiger partial charge in [-0.1, -0.05) is 6.07 Å². The number of azo groups is 1. The van der Waals surface area contributed by atoms with Gasteiger partial charge in [-0.05, 0) is 74.2 Å². The Balaban J connectivity index is 1.88. The number of ether oxygens (including phenoxy) is 1. The lowest BCUT2D eigenvalue weighted by atomic mass is 10.0. The minimum absolute atomic E-state index is 0.0692. The second-order valence-electron chi connectivity index (χ2n) is 7.37. The van der Waals surface area contributed by atoms with Crippen LogP contribution in [0.15, 0.2) is 40.6 Å². The van der Waals surface area contributed by atoms with Gasteiger partial charge in [-0.3, -0.25) is 0 Å². The van der Waals surface area contributed by atoms with Gasteiger partial charge in [-0.2, -0.15) is 5.11 Å². The largest absolute Gasteiger partial charge is 0.388 e. The lowest BCUT2D eigenvalue weighted by molar-refractivity contribution is -0.178. The summed E-state index contributed by atoms with van der Waals surface area (Å²) >= 11 is 0. The summed E-state index contributed by atoms with van der Waals surface area (Å²) in [7, 11) is 0. The SMILES string of the molecule is Cc1ccc(N=Nc2cc(C)c(C)cc2N[C@H]2OC[C@@H](O)[C@@H](O)[C@@H]2O)cc1C. The van der Waals surface area contributed by atoms with Crippen LogP contribution in [-0.4, -0.2) is 46.5 Å². The molecule has 0 spiro atoms. The van der Waals surface area contributed by atoms with Crippen molar-refractivity contribution < 1.29 is 20.1 Å². The molecule has 1 heterocycles. The van der Waals surface area contributed by atoms with E-state index in [0.717, 1.165) is 22.4 Å². The minimum atomic E-state index is -1.28. The van der Waals surface area contributed by atoms with Gasteiger partial charge in [0, 0.05) is 0 Å². The molecule has 1 aliphatic rings. The second-order valence-corrected chi connectivity index (χ2v) is 7.37. The van der Waals surface area contributed by atoms with E-state index < -0.39 is 24.5 Å². The minimum Gasteiger partial charge on any atom is -0.388 e. The highest BCUT2D eigenvalue weighted by atomic mass is 16.5. The molecule has 0 amide bonds. The van der Waals surface area contributed by atoms with E-state index in [2.05, 4.69) is 15.5 Å². The van der Waals surface area contributed by atoms with Gasteiger partial charge < -0.3 is 25.4 Å². The van der Waals surface area contributed by atoms with Crippen LogP contribution in [0.3, 0.4) is 0 Å². The topological polar surface area (TPSA) is 107 Å². The molecule has 4 atom stereocenters. The van der Waals surface area contributed by atoms with Gasteiger partial charge in [-0.25, -0.2) is 0 Å². The van der Waals surface area contributed by atoms with Crippen molar-refractivity contribution in [3.05, 3.63) is 52.6 Å². The Hall–Kier alpha value is -2.32. The molecule has 7 nitrogen and oxygen atoms in total. The van der Waals surface area contributed by atoms with E-state index in [9.17, 15) is 15.3 Å². The van der Waals surface area contributed by atoms with Crippen LogP contribution in [0, 0.1) is 27.7 Å². The molecule has 28 heavy (non-hydrogen) atoms. The molecule has 4 N–H and O–H groups in total. The van der Waals surface area contributed by atoms with Crippen LogP contribution < -0.4 is 5.32 Å². The first kappa shape index (κ1) is 20.4. The highest BCUT2D eigenvalue weighted by Gasteiger charge is 2.37. The van der Waals surface area contributed by atoms with Crippen LogP contribution in [-0.2, 0) is 4.74 Å². The number of aliphatic hydroxyl groups excluding tert-OH is 3. The number of aliphatic hydroxyl groups is 3. The van der Waals surface area contributed by atoms with Crippen LogP contribution in [0.25, 0.3) is 0 Å². The molecule has 0 aromatic heterocycles. The van der Waals surface area contributed by atoms with Crippen molar-refractivity contribution in [2.24, 2.45) is 10.2 Å². The molecule has 1 saturated heterocycles. The van der Waals surface area contributed by atoms with Crippen molar-refractivity contribution in [3.63, 3.8) is 0 Å². The van der Waals surface area contributed by atoms with Gasteiger partial charge in [0.2, 0.25) is 0 Å². The van der Waals surface area contributed by atoms with Gasteiger partial charge in [0.15, 0.2) is 6.23 Å². The lowest BCUT2D eigenvalue weighted by Crippen LogP contribution is -2.55. The standard InChI is InChI=1S/C21H27N3O4/c1-11-5-6-15(7-12(11)2)23-24-17-9-14(4)13(3)8-16(17)22-21-20(27)19(26)18(25)10-28-21/h5-9,18-22,25-27H,10H2,1-4H3/t18-,19-,20+,21+/m1/s1. The fourth-order valence-electron chi connectivity index (χ4n) is 2.99. The molecule has 0 radical (unpaired) electrons. The molecule has 0 saturated carbocycles. The van der Waals surface area contributed by atoms with Gasteiger partial charge in [0.1, 0.15) is 24.0 Å². The molecule has 3 rings (SSSR count). The Bertz CT molecular complexity index is 884. The Labute approximate surface area is 164 Å². The summed E-state index contributed by atoms with van der Waals surface area (Å²) in [6, 6.07) is 9.69. The number of aryl methyl sites for hydroxylation is 4. The average Bonchev–Trinajstić information content (AvgIpc) is 2.66. The Morgan fingerprint density at radius 3 is 2.25 bits per heavy atom. The maximum atomic E-state index is 10.2. The Kier molecular flexibility index (Phi) is 6.10. The summed E-state index contributed by atoms with van der Waals surface area (Å²) in [5.41, 5.74) is 6.40. The third-order valence-electron chi connectivity index (χ3n) is 5.17. The third kappa shape index (κ3) is 4.39. The third-order valence-corrected chi connectivity index (χ3v) is 5.17. The van der Waals surface area contributed by atoms with Crippen LogP contribution >= 0.6 is 0 Å². The van der Waals surface area contributed by atoms with Gasteiger partial charge in [0.25, 0.3) is 0 Å². The molecule has 0 aliphatic carbocycles. The maximum Gasteiger partial charge on any atom is 0.156 e. The first-order valence-electron chi connectivity index (χ1n) is 9.29. The van der Waals surface area contributed by atoms with E-state index in [0.29, 0.717) is 11.4 Å². The summed E-state index contributed by atoms with van der Waals surface area (Å²) < 4.78 is 5.45. The highest BCUT2D eigenvalue weighted by Crippen LogP contribution is 2.32. The Morgan fingerprint density at radius 2 is 1.54 bits per heavy atom. The smallest absolute Gasteiger partial charge is 0.156 e. The lowest BCUT2D eigenvalue weighted by Gasteiger charge is -2.36. The van der Waals surface area contributed by atoms with Crippen molar-refractivity contribution in [3.8, 4) is 0 Å². The van der Waals surface area contributed by atoms with Crippen LogP contribution in [0.2, 0.25) is 0 Å². The second kappa shape index (κ2) is 8.36. The number of hydrogen-bond acceptors (Lipinski definition) is 7. The monoisotopic (exact) mass is 385 g/mol. The molecule has 1 fully saturated rings. The first-order valence-corrected chi connectivity index (χ1v) is 9.29. The molecule has 0 bridgehead atoms. The van der Waals surface area contributed by atoms with Crippen LogP contribution in [0.5, 0.6) is 0 Å². The fraction of sp³-hybridized carbons (Fsp3) is 0.429. The van der Waals surface area contributed by atoms with Crippen molar-refractivity contribution in [2.75, 3.05) is 11.9 Å². The van der Waals surface area contributed by atoms with E-state index in [1.807, 2.05) is 58.0 Å². The number of rotatable bonds is 4. The highest BCUT2D eigenvalue weighted by molar-refractivity contribution is 5.68. The quantitative estimate of drug-likeness (QED) is 0.605. The number of nitrogens with zero attached hydrogens (tertiary/aromatic N) is 2. The Morgan fingerprint density at radius 1 is 0.857 bits per heavy atom. The van der Waals surface area contributed by atoms with E-state index >= 15 is 0 Å². The van der Waals surface area contributed by atoms with Crippen LogP contribution in [0.4, 0.5) is 17.1 Å².